The van der Waals surface area contributed by atoms with Crippen LogP contribution < -0.4 is 5.32 Å². The van der Waals surface area contributed by atoms with E-state index in [1.54, 1.807) is 43.3 Å². The largest absolute Gasteiger partial charge is 0.611 e. The van der Waals surface area contributed by atoms with E-state index in [4.69, 9.17) is 0 Å². The highest BCUT2D eigenvalue weighted by Gasteiger charge is 2.41. The van der Waals surface area contributed by atoms with Gasteiger partial charge >= 0.3 is 6.18 Å². The first kappa shape index (κ1) is 24.9. The summed E-state index contributed by atoms with van der Waals surface area (Å²) in [5.41, 5.74) is 1.22. The summed E-state index contributed by atoms with van der Waals surface area (Å²) in [5, 5.41) is 2.64. The summed E-state index contributed by atoms with van der Waals surface area (Å²) in [6.07, 6.45) is -1.17. The molecule has 0 radical (unpaired) electrons. The first-order valence-corrected chi connectivity index (χ1v) is 12.5. The molecule has 2 aromatic rings. The molecule has 176 valence electrons. The predicted octanol–water partition coefficient (Wildman–Crippen LogP) is 6.19. The molecule has 1 N–H and O–H groups in total. The summed E-state index contributed by atoms with van der Waals surface area (Å²) >= 11 is -1.16. The minimum Gasteiger partial charge on any atom is -0.611 e. The van der Waals surface area contributed by atoms with Gasteiger partial charge in [0, 0.05) is 5.69 Å². The number of nitrogens with one attached hydrogen (secondary N) is 1. The lowest BCUT2D eigenvalue weighted by Gasteiger charge is -2.32. The molecule has 1 aliphatic rings. The van der Waals surface area contributed by atoms with Crippen LogP contribution >= 0.6 is 0 Å². The molecule has 1 aliphatic heterocycles. The smallest absolute Gasteiger partial charge is 0.412 e. The van der Waals surface area contributed by atoms with Crippen LogP contribution in [0.3, 0.4) is 0 Å². The Kier molecular flexibility index (Phi) is 8.53. The summed E-state index contributed by atoms with van der Waals surface area (Å²) in [6, 6.07) is 11.1. The van der Waals surface area contributed by atoms with E-state index < -0.39 is 23.4 Å². The minimum atomic E-state index is -4.43. The zero-order chi connectivity index (χ0) is 23.3. The normalized spacial score (nSPS) is 18.8. The maximum absolute atomic E-state index is 13.7. The number of alkyl halides is 3. The number of benzene rings is 2. The molecule has 3 rings (SSSR count). The van der Waals surface area contributed by atoms with Gasteiger partial charge in [-0.1, -0.05) is 37.3 Å². The fourth-order valence-electron chi connectivity index (χ4n) is 4.34. The van der Waals surface area contributed by atoms with Gasteiger partial charge in [0.1, 0.15) is 11.8 Å². The van der Waals surface area contributed by atoms with Gasteiger partial charge in [0.25, 0.3) is 0 Å². The molecule has 1 saturated heterocycles. The maximum Gasteiger partial charge on any atom is 0.412 e. The first-order valence-electron chi connectivity index (χ1n) is 11.2. The average Bonchev–Trinajstić information content (AvgIpc) is 2.76. The van der Waals surface area contributed by atoms with E-state index >= 15 is 0 Å². The van der Waals surface area contributed by atoms with E-state index in [2.05, 4.69) is 24.2 Å². The number of rotatable bonds is 8. The summed E-state index contributed by atoms with van der Waals surface area (Å²) in [7, 11) is 2.15. The number of hydrogen-bond donors (Lipinski definition) is 1. The number of likely N-dealkylation sites (tertiary alicyclic amines) is 1. The van der Waals surface area contributed by atoms with Crippen LogP contribution in [0.25, 0.3) is 0 Å². The highest BCUT2D eigenvalue weighted by atomic mass is 32.2. The quantitative estimate of drug-likeness (QED) is 0.472. The molecule has 2 aromatic carbocycles. The van der Waals surface area contributed by atoms with Crippen molar-refractivity contribution in [2.24, 2.45) is 11.8 Å². The molecule has 0 bridgehead atoms. The van der Waals surface area contributed by atoms with Crippen LogP contribution in [-0.4, -0.2) is 41.5 Å². The van der Waals surface area contributed by atoms with Crippen LogP contribution in [0.4, 0.5) is 18.9 Å². The zero-order valence-corrected chi connectivity index (χ0v) is 19.8. The molecule has 0 saturated carbocycles. The van der Waals surface area contributed by atoms with Gasteiger partial charge in [-0.15, -0.1) is 0 Å². The van der Waals surface area contributed by atoms with Crippen molar-refractivity contribution < 1.29 is 17.7 Å². The molecule has 2 unspecified atom stereocenters. The van der Waals surface area contributed by atoms with Crippen LogP contribution in [0.2, 0.25) is 0 Å². The Hall–Kier alpha value is -1.70. The fraction of sp³-hybridized carbons (Fsp3) is 0.520. The maximum atomic E-state index is 13.7. The molecule has 1 heterocycles. The minimum absolute atomic E-state index is 0.162. The van der Waals surface area contributed by atoms with Crippen LogP contribution in [0.5, 0.6) is 0 Å². The third-order valence-corrected chi connectivity index (χ3v) is 7.93. The molecule has 32 heavy (non-hydrogen) atoms. The van der Waals surface area contributed by atoms with Gasteiger partial charge in [0.15, 0.2) is 4.90 Å². The number of piperidine rings is 1. The van der Waals surface area contributed by atoms with Crippen LogP contribution in [-0.2, 0) is 11.2 Å². The van der Waals surface area contributed by atoms with Crippen molar-refractivity contribution >= 4 is 16.9 Å². The highest BCUT2D eigenvalue weighted by Crippen LogP contribution is 2.37. The summed E-state index contributed by atoms with van der Waals surface area (Å²) in [6.45, 7) is 6.23. The van der Waals surface area contributed by atoms with Gasteiger partial charge in [0.05, 0.1) is 0 Å². The van der Waals surface area contributed by atoms with Crippen LogP contribution in [0.15, 0.2) is 53.4 Å². The van der Waals surface area contributed by atoms with Gasteiger partial charge in [-0.05, 0) is 98.7 Å². The van der Waals surface area contributed by atoms with Gasteiger partial charge in [0.2, 0.25) is 0 Å². The molecule has 3 atom stereocenters. The molecular formula is C25H33F3N2OS. The van der Waals surface area contributed by atoms with E-state index in [1.807, 2.05) is 0 Å². The molecular weight excluding hydrogens is 433 g/mol. The van der Waals surface area contributed by atoms with Crippen molar-refractivity contribution in [3.8, 4) is 0 Å². The Morgan fingerprint density at radius 3 is 2.38 bits per heavy atom. The van der Waals surface area contributed by atoms with Crippen molar-refractivity contribution in [3.05, 3.63) is 59.7 Å². The van der Waals surface area contributed by atoms with E-state index in [1.165, 1.54) is 25.0 Å². The second-order valence-corrected chi connectivity index (χ2v) is 10.5. The van der Waals surface area contributed by atoms with E-state index in [0.29, 0.717) is 33.7 Å². The van der Waals surface area contributed by atoms with Crippen molar-refractivity contribution in [2.45, 2.75) is 50.2 Å². The highest BCUT2D eigenvalue weighted by molar-refractivity contribution is 7.91. The third kappa shape index (κ3) is 6.65. The second kappa shape index (κ2) is 10.9. The molecule has 3 nitrogen and oxygen atoms in total. The predicted molar refractivity (Wildman–Crippen MR) is 125 cm³/mol. The molecule has 7 heteroatoms. The topological polar surface area (TPSA) is 38.3 Å². The summed E-state index contributed by atoms with van der Waals surface area (Å²) < 4.78 is 53.9. The lowest BCUT2D eigenvalue weighted by molar-refractivity contribution is -0.144. The Bertz CT molecular complexity index is 854. The first-order chi connectivity index (χ1) is 15.1. The van der Waals surface area contributed by atoms with E-state index in [0.717, 1.165) is 19.5 Å². The number of nitrogens with zero attached hydrogens (tertiary/aromatic N) is 1. The van der Waals surface area contributed by atoms with E-state index in [9.17, 15) is 17.7 Å². The van der Waals surface area contributed by atoms with E-state index in [-0.39, 0.29) is 5.56 Å². The van der Waals surface area contributed by atoms with Crippen molar-refractivity contribution in [3.63, 3.8) is 0 Å². The van der Waals surface area contributed by atoms with Gasteiger partial charge in [-0.3, -0.25) is 0 Å². The van der Waals surface area contributed by atoms with Crippen molar-refractivity contribution in [1.29, 1.82) is 0 Å². The van der Waals surface area contributed by atoms with Crippen LogP contribution in [0, 0.1) is 18.8 Å². The number of halogens is 3. The monoisotopic (exact) mass is 466 g/mol. The average molecular weight is 467 g/mol. The molecule has 0 spiro atoms. The SMILES string of the molecule is Cc1cc([S+]([O-])CC[C@H](C)C2CCN(C)CC2)ccc1NC(c1ccccc1)C(F)(F)F. The Balaban J connectivity index is 1.62. The Morgan fingerprint density at radius 1 is 1.12 bits per heavy atom. The molecule has 0 amide bonds. The molecule has 1 fully saturated rings. The number of hydrogen-bond acceptors (Lipinski definition) is 3. The fourth-order valence-corrected chi connectivity index (χ4v) is 5.69. The lowest BCUT2D eigenvalue weighted by atomic mass is 9.84. The van der Waals surface area contributed by atoms with Gasteiger partial charge < -0.3 is 14.8 Å². The second-order valence-electron chi connectivity index (χ2n) is 8.96. The summed E-state index contributed by atoms with van der Waals surface area (Å²) in [4.78, 5) is 3.02. The van der Waals surface area contributed by atoms with Crippen LogP contribution in [0.1, 0.15) is 43.4 Å². The van der Waals surface area contributed by atoms with Crippen molar-refractivity contribution in [1.82, 2.24) is 4.90 Å². The number of anilines is 1. The molecule has 0 aliphatic carbocycles. The van der Waals surface area contributed by atoms with Gasteiger partial charge in [-0.25, -0.2) is 0 Å². The summed E-state index contributed by atoms with van der Waals surface area (Å²) in [5.74, 6) is 1.77. The van der Waals surface area contributed by atoms with Gasteiger partial charge in [-0.2, -0.15) is 13.2 Å². The zero-order valence-electron chi connectivity index (χ0n) is 19.0. The standard InChI is InChI=1S/C25H33F3N2OS/c1-18(20-11-14-30(3)15-12-20)13-16-32(31)22-9-10-23(19(2)17-22)29-24(25(26,27)28)21-7-5-4-6-8-21/h4-10,17-18,20,24,29H,11-16H2,1-3H3/t18-,24?,32?/m0/s1. The third-order valence-electron chi connectivity index (χ3n) is 6.55. The Morgan fingerprint density at radius 2 is 1.78 bits per heavy atom. The van der Waals surface area contributed by atoms with Crippen molar-refractivity contribution in [2.75, 3.05) is 31.2 Å². The molecule has 0 aromatic heterocycles. The lowest BCUT2D eigenvalue weighted by Crippen LogP contribution is -2.33. The number of aryl methyl sites for hydroxylation is 1. The Labute approximate surface area is 192 Å².